The Morgan fingerprint density at radius 2 is 1.09 bits per heavy atom. The zero-order valence-corrected chi connectivity index (χ0v) is 20.5. The molecule has 0 fully saturated rings. The molecule has 0 aliphatic heterocycles. The van der Waals surface area contributed by atoms with Gasteiger partial charge in [-0.3, -0.25) is 4.79 Å². The number of carbonyl (C=O) groups excluding carboxylic acids is 1. The molecule has 190 valence electrons. The van der Waals surface area contributed by atoms with E-state index in [0.717, 1.165) is 0 Å². The van der Waals surface area contributed by atoms with Crippen molar-refractivity contribution in [2.45, 2.75) is 45.3 Å². The fraction of sp³-hybridized carbons (Fsp3) is 0.667. The van der Waals surface area contributed by atoms with Crippen LogP contribution < -0.4 is 4.74 Å². The predicted molar refractivity (Wildman–Crippen MR) is 112 cm³/mol. The van der Waals surface area contributed by atoms with Crippen molar-refractivity contribution in [3.63, 3.8) is 0 Å². The largest absolute Gasteiger partial charge is 0.420 e. The molecule has 0 amide bonds. The van der Waals surface area contributed by atoms with Gasteiger partial charge in [0.15, 0.2) is 8.32 Å². The van der Waals surface area contributed by atoms with E-state index >= 15 is 0 Å². The molecular formula is C21H31F5O6Si. The van der Waals surface area contributed by atoms with Crippen molar-refractivity contribution >= 4 is 14.3 Å². The minimum atomic E-state index is -2.34. The van der Waals surface area contributed by atoms with Gasteiger partial charge < -0.3 is 23.4 Å². The molecular weight excluding hydrogens is 471 g/mol. The van der Waals surface area contributed by atoms with Crippen LogP contribution in [0.1, 0.15) is 27.2 Å². The molecule has 0 saturated heterocycles. The maximum atomic E-state index is 13.5. The molecule has 0 bridgehead atoms. The molecule has 0 spiro atoms. The van der Waals surface area contributed by atoms with Crippen molar-refractivity contribution < 1.29 is 50.1 Å². The molecule has 0 radical (unpaired) electrons. The maximum absolute atomic E-state index is 13.5. The lowest BCUT2D eigenvalue weighted by Gasteiger charge is -2.36. The summed E-state index contributed by atoms with van der Waals surface area (Å²) >= 11 is 0. The minimum Gasteiger partial charge on any atom is -0.420 e. The third kappa shape index (κ3) is 9.28. The molecule has 0 aromatic heterocycles. The van der Waals surface area contributed by atoms with Gasteiger partial charge >= 0.3 is 5.97 Å². The van der Waals surface area contributed by atoms with Crippen molar-refractivity contribution in [3.8, 4) is 5.75 Å². The fourth-order valence-corrected chi connectivity index (χ4v) is 3.14. The molecule has 6 nitrogen and oxygen atoms in total. The van der Waals surface area contributed by atoms with Crippen LogP contribution in [-0.2, 0) is 23.4 Å². The van der Waals surface area contributed by atoms with Gasteiger partial charge in [-0.05, 0) is 18.1 Å². The van der Waals surface area contributed by atoms with Crippen LogP contribution in [0.4, 0.5) is 22.0 Å². The van der Waals surface area contributed by atoms with E-state index in [4.69, 9.17) is 18.6 Å². The normalized spacial score (nSPS) is 12.3. The third-order valence-electron chi connectivity index (χ3n) is 5.08. The average molecular weight is 503 g/mol. The Kier molecular flexibility index (Phi) is 11.9. The van der Waals surface area contributed by atoms with Crippen LogP contribution >= 0.6 is 0 Å². The highest BCUT2D eigenvalue weighted by atomic mass is 28.4. The number of rotatable bonds is 14. The van der Waals surface area contributed by atoms with E-state index in [0.29, 0.717) is 26.4 Å². The van der Waals surface area contributed by atoms with Gasteiger partial charge in [-0.15, -0.1) is 0 Å². The van der Waals surface area contributed by atoms with Gasteiger partial charge in [0.1, 0.15) is 0 Å². The highest BCUT2D eigenvalue weighted by molar-refractivity contribution is 6.74. The van der Waals surface area contributed by atoms with Gasteiger partial charge in [0, 0.05) is 0 Å². The first-order valence-corrected chi connectivity index (χ1v) is 13.3. The third-order valence-corrected chi connectivity index (χ3v) is 9.61. The van der Waals surface area contributed by atoms with Crippen LogP contribution in [-0.4, -0.2) is 60.5 Å². The SMILES string of the molecule is CC(C)(C)[Si](C)(C)OCCOCCOCCOCCC(=O)Oc1c(F)c(F)c(F)c(F)c1F. The second kappa shape index (κ2) is 13.3. The van der Waals surface area contributed by atoms with Crippen molar-refractivity contribution in [1.82, 2.24) is 0 Å². The van der Waals surface area contributed by atoms with E-state index in [2.05, 4.69) is 38.6 Å². The van der Waals surface area contributed by atoms with Crippen LogP contribution in [0.2, 0.25) is 18.1 Å². The first kappa shape index (κ1) is 29.4. The van der Waals surface area contributed by atoms with E-state index in [-0.39, 0.29) is 24.9 Å². The lowest BCUT2D eigenvalue weighted by Crippen LogP contribution is -2.41. The van der Waals surface area contributed by atoms with Gasteiger partial charge in [0.25, 0.3) is 0 Å². The summed E-state index contributed by atoms with van der Waals surface area (Å²) in [5, 5.41) is 0.135. The zero-order valence-electron chi connectivity index (χ0n) is 19.5. The Hall–Kier alpha value is -1.60. The summed E-state index contributed by atoms with van der Waals surface area (Å²) in [5.41, 5.74) is 0. The van der Waals surface area contributed by atoms with E-state index in [1.165, 1.54) is 0 Å². The van der Waals surface area contributed by atoms with Gasteiger partial charge in [-0.2, -0.15) is 8.78 Å². The van der Waals surface area contributed by atoms with Crippen molar-refractivity contribution in [2.24, 2.45) is 0 Å². The molecule has 0 atom stereocenters. The fourth-order valence-electron chi connectivity index (χ4n) is 2.11. The highest BCUT2D eigenvalue weighted by Gasteiger charge is 2.36. The zero-order chi connectivity index (χ0) is 25.2. The molecule has 1 rings (SSSR count). The molecule has 0 N–H and O–H groups in total. The average Bonchev–Trinajstić information content (AvgIpc) is 2.73. The standard InChI is InChI=1S/C21H31F5O6Si/c1-21(2,3)33(4,5)31-13-12-30-11-10-29-9-8-28-7-6-14(27)32-20-18(25)16(23)15(22)17(24)19(20)26/h6-13H2,1-5H3. The first-order chi connectivity index (χ1) is 15.3. The van der Waals surface area contributed by atoms with Crippen molar-refractivity contribution in [3.05, 3.63) is 29.1 Å². The molecule has 33 heavy (non-hydrogen) atoms. The molecule has 1 aromatic rings. The van der Waals surface area contributed by atoms with Crippen LogP contribution in [0, 0.1) is 29.1 Å². The maximum Gasteiger partial charge on any atom is 0.313 e. The Bertz CT molecular complexity index is 756. The molecule has 0 unspecified atom stereocenters. The number of hydrogen-bond donors (Lipinski definition) is 0. The highest BCUT2D eigenvalue weighted by Crippen LogP contribution is 2.36. The molecule has 0 aliphatic rings. The summed E-state index contributed by atoms with van der Waals surface area (Å²) in [4.78, 5) is 11.6. The van der Waals surface area contributed by atoms with Crippen LogP contribution in [0.25, 0.3) is 0 Å². The monoisotopic (exact) mass is 502 g/mol. The second-order valence-corrected chi connectivity index (χ2v) is 13.4. The summed E-state index contributed by atoms with van der Waals surface area (Å²) in [7, 11) is -1.79. The lowest BCUT2D eigenvalue weighted by molar-refractivity contribution is -0.136. The topological polar surface area (TPSA) is 63.2 Å². The smallest absolute Gasteiger partial charge is 0.313 e. The minimum absolute atomic E-state index is 0.115. The summed E-state index contributed by atoms with van der Waals surface area (Å²) in [6, 6.07) is 0. The summed E-state index contributed by atoms with van der Waals surface area (Å²) in [6.45, 7) is 12.6. The first-order valence-electron chi connectivity index (χ1n) is 10.4. The molecule has 0 heterocycles. The van der Waals surface area contributed by atoms with E-state index in [9.17, 15) is 26.7 Å². The summed E-state index contributed by atoms with van der Waals surface area (Å²) in [5.74, 6) is -14.0. The number of carbonyl (C=O) groups is 1. The number of halogens is 5. The Labute approximate surface area is 191 Å². The van der Waals surface area contributed by atoms with Gasteiger partial charge in [0.05, 0.1) is 52.7 Å². The molecule has 0 aliphatic carbocycles. The number of benzene rings is 1. The molecule has 0 saturated carbocycles. The van der Waals surface area contributed by atoms with Gasteiger partial charge in [0.2, 0.25) is 34.8 Å². The Morgan fingerprint density at radius 3 is 1.55 bits per heavy atom. The second-order valence-electron chi connectivity index (χ2n) is 8.57. The van der Waals surface area contributed by atoms with Crippen LogP contribution in [0.15, 0.2) is 0 Å². The predicted octanol–water partition coefficient (Wildman–Crippen LogP) is 4.75. The van der Waals surface area contributed by atoms with E-state index in [1.54, 1.807) is 0 Å². The quantitative estimate of drug-likeness (QED) is 0.0696. The van der Waals surface area contributed by atoms with E-state index in [1.807, 2.05) is 0 Å². The molecule has 1 aromatic carbocycles. The Balaban J connectivity index is 2.11. The lowest BCUT2D eigenvalue weighted by atomic mass is 10.2. The van der Waals surface area contributed by atoms with Gasteiger partial charge in [-0.25, -0.2) is 13.2 Å². The summed E-state index contributed by atoms with van der Waals surface area (Å²) in [6.07, 6.45) is -0.461. The molecule has 12 heteroatoms. The number of ether oxygens (including phenoxy) is 4. The van der Waals surface area contributed by atoms with E-state index < -0.39 is 55.5 Å². The van der Waals surface area contributed by atoms with Gasteiger partial charge in [-0.1, -0.05) is 20.8 Å². The van der Waals surface area contributed by atoms with Crippen LogP contribution in [0.3, 0.4) is 0 Å². The van der Waals surface area contributed by atoms with Crippen LogP contribution in [0.5, 0.6) is 5.75 Å². The number of hydrogen-bond acceptors (Lipinski definition) is 6. The number of esters is 1. The summed E-state index contributed by atoms with van der Waals surface area (Å²) < 4.78 is 92.1. The van der Waals surface area contributed by atoms with Crippen molar-refractivity contribution in [1.29, 1.82) is 0 Å². The van der Waals surface area contributed by atoms with Crippen molar-refractivity contribution in [2.75, 3.05) is 46.2 Å². The Morgan fingerprint density at radius 1 is 0.697 bits per heavy atom.